The fourth-order valence-corrected chi connectivity index (χ4v) is 3.32. The highest BCUT2D eigenvalue weighted by molar-refractivity contribution is 7.06. The number of rotatable bonds is 3. The zero-order valence-electron chi connectivity index (χ0n) is 12.7. The molecule has 0 amide bonds. The van der Waals surface area contributed by atoms with Crippen molar-refractivity contribution in [2.75, 3.05) is 6.61 Å². The van der Waals surface area contributed by atoms with Crippen molar-refractivity contribution in [3.63, 3.8) is 0 Å². The van der Waals surface area contributed by atoms with Gasteiger partial charge in [0.15, 0.2) is 0 Å². The van der Waals surface area contributed by atoms with Crippen molar-refractivity contribution in [3.8, 4) is 0 Å². The van der Waals surface area contributed by atoms with Crippen LogP contribution in [0.25, 0.3) is 6.20 Å². The Morgan fingerprint density at radius 1 is 1.50 bits per heavy atom. The van der Waals surface area contributed by atoms with Crippen molar-refractivity contribution in [2.24, 2.45) is 4.99 Å². The molecule has 6 nitrogen and oxygen atoms in total. The minimum absolute atomic E-state index is 0.0315. The Balaban J connectivity index is 2.14. The quantitative estimate of drug-likeness (QED) is 0.781. The molecule has 0 N–H and O–H groups in total. The molecule has 0 spiro atoms. The molecule has 0 saturated heterocycles. The van der Waals surface area contributed by atoms with E-state index in [9.17, 15) is 14.0 Å². The first-order chi connectivity index (χ1) is 11.5. The molecular weight excluding hydrogens is 357 g/mol. The van der Waals surface area contributed by atoms with E-state index in [1.165, 1.54) is 10.7 Å². The molecule has 0 saturated carbocycles. The van der Waals surface area contributed by atoms with Crippen LogP contribution in [-0.4, -0.2) is 21.9 Å². The second-order valence-electron chi connectivity index (χ2n) is 4.91. The van der Waals surface area contributed by atoms with E-state index in [2.05, 4.69) is 4.99 Å². The molecule has 1 aliphatic rings. The van der Waals surface area contributed by atoms with Crippen LogP contribution in [0.2, 0.25) is 5.02 Å². The lowest BCUT2D eigenvalue weighted by Gasteiger charge is -2.10. The summed E-state index contributed by atoms with van der Waals surface area (Å²) in [4.78, 5) is 28.2. The van der Waals surface area contributed by atoms with E-state index in [4.69, 9.17) is 16.3 Å². The van der Waals surface area contributed by atoms with Crippen molar-refractivity contribution in [3.05, 3.63) is 49.1 Å². The molecule has 126 valence electrons. The first-order valence-electron chi connectivity index (χ1n) is 7.21. The Bertz CT molecular complexity index is 958. The molecule has 9 heteroatoms. The highest BCUT2D eigenvalue weighted by atomic mass is 35.5. The van der Waals surface area contributed by atoms with Crippen LogP contribution in [0, 0.1) is 5.82 Å². The Morgan fingerprint density at radius 3 is 3.04 bits per heavy atom. The number of ether oxygens (including phenoxy) is 1. The van der Waals surface area contributed by atoms with Gasteiger partial charge in [-0.1, -0.05) is 17.7 Å². The molecule has 0 atom stereocenters. The molecule has 3 rings (SSSR count). The summed E-state index contributed by atoms with van der Waals surface area (Å²) in [5.41, 5.74) is -0.0434. The van der Waals surface area contributed by atoms with Gasteiger partial charge in [-0.3, -0.25) is 9.48 Å². The van der Waals surface area contributed by atoms with Gasteiger partial charge in [0, 0.05) is 12.7 Å². The van der Waals surface area contributed by atoms with Gasteiger partial charge in [0.1, 0.15) is 11.5 Å². The van der Waals surface area contributed by atoms with E-state index in [-0.39, 0.29) is 27.8 Å². The predicted molar refractivity (Wildman–Crippen MR) is 89.1 cm³/mol. The van der Waals surface area contributed by atoms with E-state index in [0.717, 1.165) is 23.8 Å². The molecule has 24 heavy (non-hydrogen) atoms. The van der Waals surface area contributed by atoms with Crippen molar-refractivity contribution >= 4 is 40.8 Å². The van der Waals surface area contributed by atoms with Crippen LogP contribution in [-0.2, 0) is 11.3 Å². The van der Waals surface area contributed by atoms with Crippen molar-refractivity contribution in [2.45, 2.75) is 19.9 Å². The molecule has 0 unspecified atom stereocenters. The smallest absolute Gasteiger partial charge is 0.339 e. The van der Waals surface area contributed by atoms with E-state index in [1.54, 1.807) is 17.8 Å². The number of carbonyl (C=O) groups excluding carboxylic acids is 1. The van der Waals surface area contributed by atoms with E-state index >= 15 is 0 Å². The summed E-state index contributed by atoms with van der Waals surface area (Å²) in [6.45, 7) is 2.40. The number of nitrogens with zero attached hydrogens (tertiary/aromatic N) is 3. The van der Waals surface area contributed by atoms with E-state index in [1.807, 2.05) is 6.08 Å². The Labute approximate surface area is 145 Å². The third kappa shape index (κ3) is 3.07. The van der Waals surface area contributed by atoms with Crippen LogP contribution in [0.5, 0.6) is 0 Å². The van der Waals surface area contributed by atoms with Gasteiger partial charge in [-0.25, -0.2) is 18.9 Å². The van der Waals surface area contributed by atoms with Gasteiger partial charge in [-0.2, -0.15) is 0 Å². The second-order valence-corrected chi connectivity index (χ2v) is 6.23. The number of hydrogen-bond donors (Lipinski definition) is 0. The average molecular weight is 370 g/mol. The number of fused-ring (bicyclic) bond motifs is 1. The number of hydrogen-bond acceptors (Lipinski definition) is 5. The van der Waals surface area contributed by atoms with Crippen molar-refractivity contribution in [1.82, 2.24) is 9.36 Å². The lowest BCUT2D eigenvalue weighted by atomic mass is 10.2. The van der Waals surface area contributed by atoms with Crippen LogP contribution in [0.3, 0.4) is 0 Å². The highest BCUT2D eigenvalue weighted by Gasteiger charge is 2.16. The average Bonchev–Trinajstić information content (AvgIpc) is 2.87. The minimum atomic E-state index is -0.681. The zero-order valence-corrected chi connectivity index (χ0v) is 14.2. The summed E-state index contributed by atoms with van der Waals surface area (Å²) in [5, 5.41) is -0.0485. The minimum Gasteiger partial charge on any atom is -0.462 e. The summed E-state index contributed by atoms with van der Waals surface area (Å²) >= 11 is 6.81. The Morgan fingerprint density at radius 2 is 2.29 bits per heavy atom. The molecule has 2 heterocycles. The predicted octanol–water partition coefficient (Wildman–Crippen LogP) is 2.79. The third-order valence-corrected chi connectivity index (χ3v) is 4.51. The second kappa shape index (κ2) is 6.74. The van der Waals surface area contributed by atoms with E-state index < -0.39 is 11.8 Å². The summed E-state index contributed by atoms with van der Waals surface area (Å²) in [5.74, 6) is -1.33. The monoisotopic (exact) mass is 369 g/mol. The maximum atomic E-state index is 14.2. The third-order valence-electron chi connectivity index (χ3n) is 3.35. The molecule has 1 aromatic heterocycles. The number of benzene rings is 1. The zero-order chi connectivity index (χ0) is 17.3. The molecule has 0 radical (unpaired) electrons. The SMILES string of the molecule is CCOC(=O)c1cc(N=c2sc(=O)n3n2CCC=C3)c(F)cc1Cl. The summed E-state index contributed by atoms with van der Waals surface area (Å²) in [7, 11) is 0. The van der Waals surface area contributed by atoms with Crippen LogP contribution >= 0.6 is 22.9 Å². The number of carbonyl (C=O) groups is 1. The normalized spacial score (nSPS) is 13.9. The lowest BCUT2D eigenvalue weighted by Crippen LogP contribution is -2.26. The van der Waals surface area contributed by atoms with Crippen LogP contribution in [0.4, 0.5) is 10.1 Å². The summed E-state index contributed by atoms with van der Waals surface area (Å²) < 4.78 is 22.1. The Kier molecular flexibility index (Phi) is 4.68. The maximum absolute atomic E-state index is 14.2. The fourth-order valence-electron chi connectivity index (χ4n) is 2.26. The van der Waals surface area contributed by atoms with Gasteiger partial charge < -0.3 is 4.74 Å². The van der Waals surface area contributed by atoms with Gasteiger partial charge in [-0.05, 0) is 36.8 Å². The standard InChI is InChI=1S/C15H13ClFN3O3S/c1-2-23-13(21)9-7-12(11(17)8-10(9)16)18-14-19-5-3-4-6-20(19)15(22)24-14/h4,6-8H,2-3,5H2,1H3. The first kappa shape index (κ1) is 16.7. The summed E-state index contributed by atoms with van der Waals surface area (Å²) in [6.07, 6.45) is 4.28. The largest absolute Gasteiger partial charge is 0.462 e. The summed E-state index contributed by atoms with van der Waals surface area (Å²) in [6, 6.07) is 2.25. The van der Waals surface area contributed by atoms with Crippen LogP contribution in [0.15, 0.2) is 28.0 Å². The van der Waals surface area contributed by atoms with E-state index in [0.29, 0.717) is 11.3 Å². The molecular formula is C15H13ClFN3O3S. The van der Waals surface area contributed by atoms with Crippen molar-refractivity contribution < 1.29 is 13.9 Å². The molecule has 0 bridgehead atoms. The molecule has 1 aromatic carbocycles. The number of halogens is 2. The van der Waals surface area contributed by atoms with Gasteiger partial charge in [0.05, 0.1) is 17.2 Å². The number of allylic oxidation sites excluding steroid dienone is 1. The van der Waals surface area contributed by atoms with Crippen molar-refractivity contribution in [1.29, 1.82) is 0 Å². The van der Waals surface area contributed by atoms with Crippen LogP contribution in [0.1, 0.15) is 23.7 Å². The molecule has 0 fully saturated rings. The maximum Gasteiger partial charge on any atom is 0.339 e. The fraction of sp³-hybridized carbons (Fsp3) is 0.267. The van der Waals surface area contributed by atoms with Crippen LogP contribution < -0.4 is 9.67 Å². The topological polar surface area (TPSA) is 65.6 Å². The highest BCUT2D eigenvalue weighted by Crippen LogP contribution is 2.26. The van der Waals surface area contributed by atoms with Gasteiger partial charge in [0.25, 0.3) is 0 Å². The lowest BCUT2D eigenvalue weighted by molar-refractivity contribution is 0.0526. The number of esters is 1. The van der Waals surface area contributed by atoms with Gasteiger partial charge in [-0.15, -0.1) is 0 Å². The molecule has 1 aliphatic heterocycles. The molecule has 2 aromatic rings. The first-order valence-corrected chi connectivity index (χ1v) is 8.40. The van der Waals surface area contributed by atoms with Gasteiger partial charge in [0.2, 0.25) is 4.80 Å². The Hall–Kier alpha value is -2.19. The molecule has 0 aliphatic carbocycles. The van der Waals surface area contributed by atoms with Gasteiger partial charge >= 0.3 is 10.8 Å². The number of aromatic nitrogens is 2.